The molecule has 1 N–H and O–H groups in total. The molecule has 4 aromatic rings. The fourth-order valence-electron chi connectivity index (χ4n) is 5.51. The summed E-state index contributed by atoms with van der Waals surface area (Å²) in [5.41, 5.74) is 3.78. The van der Waals surface area contributed by atoms with Crippen molar-refractivity contribution < 1.29 is 14.7 Å². The highest BCUT2D eigenvalue weighted by Crippen LogP contribution is 2.36. The van der Waals surface area contributed by atoms with Gasteiger partial charge in [-0.05, 0) is 38.0 Å². The lowest BCUT2D eigenvalue weighted by molar-refractivity contribution is -0.122. The molecule has 10 heteroatoms. The van der Waals surface area contributed by atoms with Crippen molar-refractivity contribution in [1.29, 1.82) is 0 Å². The molecule has 2 aromatic carbocycles. The van der Waals surface area contributed by atoms with Gasteiger partial charge in [-0.3, -0.25) is 14.3 Å². The molecule has 2 aliphatic heterocycles. The molecule has 0 saturated carbocycles. The van der Waals surface area contributed by atoms with Crippen molar-refractivity contribution in [3.05, 3.63) is 75.7 Å². The van der Waals surface area contributed by atoms with E-state index in [0.29, 0.717) is 47.2 Å². The molecule has 0 aliphatic carbocycles. The van der Waals surface area contributed by atoms with Gasteiger partial charge in [0, 0.05) is 43.6 Å². The minimum Gasteiger partial charge on any atom is -0.378 e. The molecule has 0 saturated heterocycles. The monoisotopic (exact) mass is 556 g/mol. The number of fused-ring (bicyclic) bond motifs is 1. The Morgan fingerprint density at radius 2 is 1.88 bits per heavy atom. The lowest BCUT2D eigenvalue weighted by Gasteiger charge is -2.34. The van der Waals surface area contributed by atoms with Gasteiger partial charge in [-0.25, -0.2) is 4.68 Å². The standard InChI is InChI=1S/C30H29ClN6O3/c1-30(2,40)12-10-19-14-22-25-21(32-35(4)23(25)15-19)16-24(28(38)34(22)3)36-13-11-20-26(29(36)39)33-37(27(20)31)17-18-8-6-5-7-9-18/h5-9,14-15,24,40H,11,13,16-17H2,1-4H3/t24-/m0/s1. The van der Waals surface area contributed by atoms with Crippen molar-refractivity contribution in [2.24, 2.45) is 7.05 Å². The van der Waals surface area contributed by atoms with Crippen LogP contribution in [0.4, 0.5) is 5.69 Å². The highest BCUT2D eigenvalue weighted by molar-refractivity contribution is 6.31. The topological polar surface area (TPSA) is 96.5 Å². The minimum atomic E-state index is -1.15. The van der Waals surface area contributed by atoms with Crippen molar-refractivity contribution in [3.8, 4) is 11.8 Å². The van der Waals surface area contributed by atoms with Crippen molar-refractivity contribution in [1.82, 2.24) is 24.5 Å². The number of anilines is 1. The van der Waals surface area contributed by atoms with Gasteiger partial charge in [0.1, 0.15) is 16.8 Å². The van der Waals surface area contributed by atoms with Crippen LogP contribution in [0.15, 0.2) is 42.5 Å². The van der Waals surface area contributed by atoms with Crippen molar-refractivity contribution >= 4 is 40.0 Å². The second-order valence-corrected chi connectivity index (χ2v) is 11.3. The third kappa shape index (κ3) is 4.43. The predicted molar refractivity (Wildman–Crippen MR) is 152 cm³/mol. The van der Waals surface area contributed by atoms with Crippen LogP contribution < -0.4 is 4.90 Å². The third-order valence-electron chi connectivity index (χ3n) is 7.48. The average molecular weight is 557 g/mol. The molecular formula is C30H29ClN6O3. The summed E-state index contributed by atoms with van der Waals surface area (Å²) in [5, 5.41) is 20.7. The molecule has 4 heterocycles. The van der Waals surface area contributed by atoms with Gasteiger partial charge in [0.15, 0.2) is 5.69 Å². The number of nitrogens with zero attached hydrogens (tertiary/aromatic N) is 6. The number of likely N-dealkylation sites (N-methyl/N-ethyl adjacent to an activating group) is 1. The first kappa shape index (κ1) is 26.1. The van der Waals surface area contributed by atoms with E-state index in [-0.39, 0.29) is 18.2 Å². The fourth-order valence-corrected chi connectivity index (χ4v) is 5.79. The van der Waals surface area contributed by atoms with E-state index >= 15 is 0 Å². The first-order valence-corrected chi connectivity index (χ1v) is 13.5. The van der Waals surface area contributed by atoms with E-state index in [1.165, 1.54) is 0 Å². The Morgan fingerprint density at radius 1 is 1.12 bits per heavy atom. The van der Waals surface area contributed by atoms with Crippen LogP contribution in [0.25, 0.3) is 10.9 Å². The van der Waals surface area contributed by atoms with Crippen molar-refractivity contribution in [3.63, 3.8) is 0 Å². The summed E-state index contributed by atoms with van der Waals surface area (Å²) in [6.07, 6.45) is 0.783. The Hall–Kier alpha value is -4.13. The summed E-state index contributed by atoms with van der Waals surface area (Å²) in [6.45, 7) is 4.04. The van der Waals surface area contributed by atoms with Gasteiger partial charge in [0.25, 0.3) is 5.91 Å². The number of benzene rings is 2. The Labute approximate surface area is 236 Å². The van der Waals surface area contributed by atoms with Gasteiger partial charge in [-0.2, -0.15) is 10.2 Å². The lowest BCUT2D eigenvalue weighted by Crippen LogP contribution is -2.53. The predicted octanol–water partition coefficient (Wildman–Crippen LogP) is 3.18. The maximum atomic E-state index is 13.9. The molecular weight excluding hydrogens is 528 g/mol. The third-order valence-corrected chi connectivity index (χ3v) is 7.90. The average Bonchev–Trinajstić information content (AvgIpc) is 3.38. The fraction of sp³-hybridized carbons (Fsp3) is 0.333. The van der Waals surface area contributed by atoms with Crippen LogP contribution >= 0.6 is 11.6 Å². The second kappa shape index (κ2) is 9.51. The molecule has 0 unspecified atom stereocenters. The molecule has 2 aliphatic rings. The Kier molecular flexibility index (Phi) is 6.21. The molecule has 0 bridgehead atoms. The Balaban J connectivity index is 1.35. The smallest absolute Gasteiger partial charge is 0.275 e. The molecule has 40 heavy (non-hydrogen) atoms. The lowest BCUT2D eigenvalue weighted by atomic mass is 10.0. The molecule has 6 rings (SSSR count). The van der Waals surface area contributed by atoms with E-state index in [2.05, 4.69) is 16.9 Å². The Bertz CT molecular complexity index is 1740. The van der Waals surface area contributed by atoms with Crippen LogP contribution in [0, 0.1) is 11.8 Å². The maximum absolute atomic E-state index is 13.9. The molecule has 1 atom stereocenters. The molecule has 2 amide bonds. The first-order valence-electron chi connectivity index (χ1n) is 13.1. The zero-order chi connectivity index (χ0) is 28.3. The first-order chi connectivity index (χ1) is 19.0. The number of hydrogen-bond acceptors (Lipinski definition) is 5. The van der Waals surface area contributed by atoms with Gasteiger partial charge in [0.05, 0.1) is 23.4 Å². The van der Waals surface area contributed by atoms with Crippen LogP contribution in [0.3, 0.4) is 0 Å². The van der Waals surface area contributed by atoms with Crippen LogP contribution in [0.2, 0.25) is 5.15 Å². The van der Waals surface area contributed by atoms with E-state index in [1.54, 1.807) is 40.1 Å². The normalized spacial score (nSPS) is 17.1. The summed E-state index contributed by atoms with van der Waals surface area (Å²) in [5.74, 6) is 5.34. The van der Waals surface area contributed by atoms with Crippen molar-refractivity contribution in [2.45, 2.75) is 44.9 Å². The van der Waals surface area contributed by atoms with Crippen molar-refractivity contribution in [2.75, 3.05) is 18.5 Å². The van der Waals surface area contributed by atoms with Gasteiger partial charge in [0.2, 0.25) is 5.91 Å². The van der Waals surface area contributed by atoms with Crippen LogP contribution in [0.1, 0.15) is 46.7 Å². The minimum absolute atomic E-state index is 0.207. The Morgan fingerprint density at radius 3 is 2.60 bits per heavy atom. The summed E-state index contributed by atoms with van der Waals surface area (Å²) in [6, 6.07) is 12.8. The highest BCUT2D eigenvalue weighted by atomic mass is 35.5. The van der Waals surface area contributed by atoms with Crippen LogP contribution in [-0.2, 0) is 31.2 Å². The number of aliphatic hydroxyl groups is 1. The van der Waals surface area contributed by atoms with Crippen LogP contribution in [-0.4, -0.2) is 66.6 Å². The molecule has 0 spiro atoms. The number of rotatable bonds is 3. The summed E-state index contributed by atoms with van der Waals surface area (Å²) in [4.78, 5) is 30.9. The second-order valence-electron chi connectivity index (χ2n) is 10.9. The maximum Gasteiger partial charge on any atom is 0.275 e. The van der Waals surface area contributed by atoms with Gasteiger partial charge < -0.3 is 14.9 Å². The SMILES string of the molecule is CN1C(=O)[C@@H](N2CCc3c(nn(Cc4ccccc4)c3Cl)C2=O)Cc2nn(C)c3cc(C#CC(C)(C)O)cc1c23. The van der Waals surface area contributed by atoms with Gasteiger partial charge in [-0.15, -0.1) is 0 Å². The number of halogens is 1. The molecule has 204 valence electrons. The largest absolute Gasteiger partial charge is 0.378 e. The molecule has 9 nitrogen and oxygen atoms in total. The molecule has 0 radical (unpaired) electrons. The molecule has 2 aromatic heterocycles. The van der Waals surface area contributed by atoms with E-state index in [4.69, 9.17) is 16.7 Å². The van der Waals surface area contributed by atoms with E-state index < -0.39 is 11.6 Å². The molecule has 0 fully saturated rings. The number of hydrogen-bond donors (Lipinski definition) is 1. The number of carbonyl (C=O) groups is 2. The van der Waals surface area contributed by atoms with Gasteiger partial charge >= 0.3 is 0 Å². The van der Waals surface area contributed by atoms with E-state index in [9.17, 15) is 14.7 Å². The van der Waals surface area contributed by atoms with Crippen LogP contribution in [0.5, 0.6) is 0 Å². The zero-order valence-corrected chi connectivity index (χ0v) is 23.5. The highest BCUT2D eigenvalue weighted by Gasteiger charge is 2.41. The zero-order valence-electron chi connectivity index (χ0n) is 22.8. The summed E-state index contributed by atoms with van der Waals surface area (Å²) < 4.78 is 3.42. The number of aryl methyl sites for hydroxylation is 1. The summed E-state index contributed by atoms with van der Waals surface area (Å²) in [7, 11) is 3.56. The summed E-state index contributed by atoms with van der Waals surface area (Å²) >= 11 is 6.67. The number of amides is 2. The van der Waals surface area contributed by atoms with E-state index in [1.807, 2.05) is 49.5 Å². The van der Waals surface area contributed by atoms with Gasteiger partial charge in [-0.1, -0.05) is 53.8 Å². The quantitative estimate of drug-likeness (QED) is 0.391. The number of aromatic nitrogens is 4. The van der Waals surface area contributed by atoms with E-state index in [0.717, 1.165) is 22.2 Å². The number of carbonyl (C=O) groups excluding carboxylic acids is 2.